The third-order valence-electron chi connectivity index (χ3n) is 1.60. The van der Waals surface area contributed by atoms with E-state index in [0.717, 1.165) is 6.07 Å². The van der Waals surface area contributed by atoms with Crippen LogP contribution in [0.15, 0.2) is 6.07 Å². The highest BCUT2D eigenvalue weighted by Gasteiger charge is 2.18. The first kappa shape index (κ1) is 14.2. The second-order valence-corrected chi connectivity index (χ2v) is 4.72. The van der Waals surface area contributed by atoms with Crippen LogP contribution >= 0.6 is 11.6 Å². The van der Waals surface area contributed by atoms with Crippen LogP contribution in [0.4, 0.5) is 10.5 Å². The van der Waals surface area contributed by atoms with E-state index in [9.17, 15) is 9.59 Å². The maximum absolute atomic E-state index is 11.5. The SMILES string of the molecule is CC(C)(C)OC(=O)Nc1cc(C(=O)O)nnc1Cl. The second-order valence-electron chi connectivity index (χ2n) is 4.37. The summed E-state index contributed by atoms with van der Waals surface area (Å²) in [4.78, 5) is 22.2. The zero-order valence-corrected chi connectivity index (χ0v) is 10.8. The maximum Gasteiger partial charge on any atom is 0.412 e. The van der Waals surface area contributed by atoms with E-state index in [1.165, 1.54) is 0 Å². The number of carbonyl (C=O) groups is 2. The van der Waals surface area contributed by atoms with Crippen molar-refractivity contribution in [2.45, 2.75) is 26.4 Å². The molecule has 0 aliphatic carbocycles. The van der Waals surface area contributed by atoms with Gasteiger partial charge >= 0.3 is 12.1 Å². The fraction of sp³-hybridized carbons (Fsp3) is 0.400. The Hall–Kier alpha value is -1.89. The first-order valence-electron chi connectivity index (χ1n) is 4.95. The number of aromatic nitrogens is 2. The lowest BCUT2D eigenvalue weighted by molar-refractivity contribution is 0.0632. The van der Waals surface area contributed by atoms with Crippen LogP contribution in [-0.4, -0.2) is 33.0 Å². The molecule has 0 atom stereocenters. The molecule has 1 aromatic heterocycles. The number of nitrogens with one attached hydrogen (secondary N) is 1. The van der Waals surface area contributed by atoms with Gasteiger partial charge in [-0.3, -0.25) is 5.32 Å². The average molecular weight is 274 g/mol. The molecule has 0 saturated carbocycles. The predicted molar refractivity (Wildman–Crippen MR) is 63.9 cm³/mol. The zero-order chi connectivity index (χ0) is 13.9. The Morgan fingerprint density at radius 3 is 2.50 bits per heavy atom. The van der Waals surface area contributed by atoms with E-state index in [1.54, 1.807) is 20.8 Å². The number of carbonyl (C=O) groups excluding carboxylic acids is 1. The van der Waals surface area contributed by atoms with Crippen LogP contribution < -0.4 is 5.32 Å². The summed E-state index contributed by atoms with van der Waals surface area (Å²) in [5.41, 5.74) is -0.976. The van der Waals surface area contributed by atoms with Crippen LogP contribution in [0.5, 0.6) is 0 Å². The van der Waals surface area contributed by atoms with Gasteiger partial charge in [-0.1, -0.05) is 11.6 Å². The number of hydrogen-bond acceptors (Lipinski definition) is 5. The lowest BCUT2D eigenvalue weighted by Gasteiger charge is -2.19. The van der Waals surface area contributed by atoms with Crippen molar-refractivity contribution in [3.63, 3.8) is 0 Å². The number of halogens is 1. The quantitative estimate of drug-likeness (QED) is 0.856. The molecule has 2 N–H and O–H groups in total. The summed E-state index contributed by atoms with van der Waals surface area (Å²) in [5.74, 6) is -1.27. The molecule has 0 spiro atoms. The lowest BCUT2D eigenvalue weighted by atomic mass is 10.2. The molecule has 0 radical (unpaired) electrons. The van der Waals surface area contributed by atoms with Crippen LogP contribution in [0.1, 0.15) is 31.3 Å². The first-order valence-corrected chi connectivity index (χ1v) is 5.33. The van der Waals surface area contributed by atoms with E-state index in [0.29, 0.717) is 0 Å². The summed E-state index contributed by atoms with van der Waals surface area (Å²) in [7, 11) is 0. The molecular weight excluding hydrogens is 262 g/mol. The van der Waals surface area contributed by atoms with E-state index >= 15 is 0 Å². The highest BCUT2D eigenvalue weighted by atomic mass is 35.5. The molecule has 0 unspecified atom stereocenters. The van der Waals surface area contributed by atoms with Crippen molar-refractivity contribution in [2.24, 2.45) is 0 Å². The van der Waals surface area contributed by atoms with Crippen LogP contribution in [0.25, 0.3) is 0 Å². The minimum Gasteiger partial charge on any atom is -0.476 e. The van der Waals surface area contributed by atoms with Crippen molar-refractivity contribution in [2.75, 3.05) is 5.32 Å². The zero-order valence-electron chi connectivity index (χ0n) is 10.0. The molecule has 8 heteroatoms. The van der Waals surface area contributed by atoms with Crippen molar-refractivity contribution in [3.05, 3.63) is 16.9 Å². The summed E-state index contributed by atoms with van der Waals surface area (Å²) in [6.45, 7) is 5.09. The number of hydrogen-bond donors (Lipinski definition) is 2. The molecule has 98 valence electrons. The molecule has 0 aliphatic rings. The highest BCUT2D eigenvalue weighted by molar-refractivity contribution is 6.32. The van der Waals surface area contributed by atoms with Crippen molar-refractivity contribution in [3.8, 4) is 0 Å². The summed E-state index contributed by atoms with van der Waals surface area (Å²) in [6, 6.07) is 1.10. The molecule has 0 saturated heterocycles. The van der Waals surface area contributed by atoms with Crippen molar-refractivity contribution >= 4 is 29.4 Å². The van der Waals surface area contributed by atoms with Gasteiger partial charge in [0.15, 0.2) is 10.8 Å². The first-order chi connectivity index (χ1) is 8.19. The Labute approximate surface area is 108 Å². The number of carboxylic acids is 1. The molecule has 0 bridgehead atoms. The number of amides is 1. The summed E-state index contributed by atoms with van der Waals surface area (Å²) in [5, 5.41) is 17.7. The molecule has 0 aromatic carbocycles. The van der Waals surface area contributed by atoms with Crippen LogP contribution in [0, 0.1) is 0 Å². The number of aromatic carboxylic acids is 1. The average Bonchev–Trinajstić information content (AvgIpc) is 2.18. The van der Waals surface area contributed by atoms with Gasteiger partial charge in [0.1, 0.15) is 5.60 Å². The third kappa shape index (κ3) is 4.17. The molecule has 18 heavy (non-hydrogen) atoms. The topological polar surface area (TPSA) is 101 Å². The van der Waals surface area contributed by atoms with E-state index in [2.05, 4.69) is 15.5 Å². The number of carboxylic acid groups (broad SMARTS) is 1. The Morgan fingerprint density at radius 1 is 1.39 bits per heavy atom. The van der Waals surface area contributed by atoms with Crippen molar-refractivity contribution in [1.82, 2.24) is 10.2 Å². The van der Waals surface area contributed by atoms with E-state index in [4.69, 9.17) is 21.4 Å². The van der Waals surface area contributed by atoms with Gasteiger partial charge in [0.2, 0.25) is 0 Å². The minimum absolute atomic E-state index is 0.0262. The van der Waals surface area contributed by atoms with Gasteiger partial charge in [0.05, 0.1) is 5.69 Å². The van der Waals surface area contributed by atoms with Crippen LogP contribution in [0.3, 0.4) is 0 Å². The molecule has 0 aliphatic heterocycles. The smallest absolute Gasteiger partial charge is 0.412 e. The predicted octanol–water partition coefficient (Wildman–Crippen LogP) is 2.18. The van der Waals surface area contributed by atoms with Gasteiger partial charge in [-0.2, -0.15) is 0 Å². The number of ether oxygens (including phenoxy) is 1. The minimum atomic E-state index is -1.27. The van der Waals surface area contributed by atoms with Gasteiger partial charge in [-0.15, -0.1) is 10.2 Å². The Morgan fingerprint density at radius 2 is 2.00 bits per heavy atom. The molecular formula is C10H12ClN3O4. The van der Waals surface area contributed by atoms with E-state index < -0.39 is 17.7 Å². The third-order valence-corrected chi connectivity index (χ3v) is 1.88. The Balaban J connectivity index is 2.87. The molecule has 1 heterocycles. The van der Waals surface area contributed by atoms with Gasteiger partial charge in [-0.25, -0.2) is 9.59 Å². The molecule has 1 aromatic rings. The summed E-state index contributed by atoms with van der Waals surface area (Å²) in [6.07, 6.45) is -0.756. The lowest BCUT2D eigenvalue weighted by Crippen LogP contribution is -2.27. The number of anilines is 1. The van der Waals surface area contributed by atoms with Crippen molar-refractivity contribution in [1.29, 1.82) is 0 Å². The molecule has 7 nitrogen and oxygen atoms in total. The number of nitrogens with zero attached hydrogens (tertiary/aromatic N) is 2. The Kier molecular flexibility index (Phi) is 4.07. The monoisotopic (exact) mass is 273 g/mol. The largest absolute Gasteiger partial charge is 0.476 e. The second kappa shape index (κ2) is 5.18. The fourth-order valence-electron chi connectivity index (χ4n) is 0.983. The van der Waals surface area contributed by atoms with Gasteiger partial charge < -0.3 is 9.84 Å². The Bertz CT molecular complexity index is 485. The summed E-state index contributed by atoms with van der Waals surface area (Å²) >= 11 is 5.68. The van der Waals surface area contributed by atoms with Gasteiger partial charge in [0, 0.05) is 6.07 Å². The standard InChI is InChI=1S/C10H12ClN3O4/c1-10(2,3)18-9(17)12-5-4-6(8(15)16)13-14-7(5)11/h4H,1-3H3,(H,15,16)(H,12,13,17). The van der Waals surface area contributed by atoms with E-state index in [1.807, 2.05) is 0 Å². The molecule has 1 amide bonds. The number of rotatable bonds is 2. The normalized spacial score (nSPS) is 10.9. The fourth-order valence-corrected chi connectivity index (χ4v) is 1.12. The molecule has 1 rings (SSSR count). The van der Waals surface area contributed by atoms with Gasteiger partial charge in [-0.05, 0) is 20.8 Å². The van der Waals surface area contributed by atoms with Crippen LogP contribution in [-0.2, 0) is 4.74 Å². The maximum atomic E-state index is 11.5. The summed E-state index contributed by atoms with van der Waals surface area (Å²) < 4.78 is 4.99. The van der Waals surface area contributed by atoms with E-state index in [-0.39, 0.29) is 16.5 Å². The highest BCUT2D eigenvalue weighted by Crippen LogP contribution is 2.19. The molecule has 0 fully saturated rings. The van der Waals surface area contributed by atoms with Gasteiger partial charge in [0.25, 0.3) is 0 Å². The van der Waals surface area contributed by atoms with Crippen molar-refractivity contribution < 1.29 is 19.4 Å². The van der Waals surface area contributed by atoms with Crippen LogP contribution in [0.2, 0.25) is 5.15 Å².